The van der Waals surface area contributed by atoms with E-state index in [1.54, 1.807) is 6.08 Å². The largest absolute Gasteiger partial charge is 0.389 e. The van der Waals surface area contributed by atoms with Crippen LogP contribution >= 0.6 is 0 Å². The average Bonchev–Trinajstić information content (AvgIpc) is 2.76. The first-order chi connectivity index (χ1) is 10.0. The summed E-state index contributed by atoms with van der Waals surface area (Å²) < 4.78 is 0. The van der Waals surface area contributed by atoms with E-state index < -0.39 is 0 Å². The maximum Gasteiger partial charge on any atom is 0.155 e. The van der Waals surface area contributed by atoms with Gasteiger partial charge in [-0.1, -0.05) is 19.1 Å². The van der Waals surface area contributed by atoms with Crippen molar-refractivity contribution in [3.63, 3.8) is 0 Å². The second kappa shape index (κ2) is 4.55. The minimum absolute atomic E-state index is 0.216. The van der Waals surface area contributed by atoms with Crippen LogP contribution in [0.1, 0.15) is 51.9 Å². The van der Waals surface area contributed by atoms with Gasteiger partial charge in [-0.3, -0.25) is 4.79 Å². The first kappa shape index (κ1) is 13.8. The van der Waals surface area contributed by atoms with Gasteiger partial charge in [-0.15, -0.1) is 0 Å². The number of rotatable bonds is 0. The molecule has 1 unspecified atom stereocenters. The van der Waals surface area contributed by atoms with Crippen LogP contribution in [0.5, 0.6) is 0 Å². The van der Waals surface area contributed by atoms with Gasteiger partial charge in [0.15, 0.2) is 5.78 Å². The summed E-state index contributed by atoms with van der Waals surface area (Å²) in [4.78, 5) is 11.7. The highest BCUT2D eigenvalue weighted by Gasteiger charge is 2.55. The molecule has 0 bridgehead atoms. The lowest BCUT2D eigenvalue weighted by atomic mass is 9.51. The minimum atomic E-state index is -0.378. The number of hydrogen-bond acceptors (Lipinski definition) is 2. The van der Waals surface area contributed by atoms with Crippen molar-refractivity contribution >= 4 is 5.78 Å². The van der Waals surface area contributed by atoms with Gasteiger partial charge in [0.2, 0.25) is 0 Å². The Bertz CT molecular complexity index is 532. The van der Waals surface area contributed by atoms with Crippen molar-refractivity contribution in [1.29, 1.82) is 0 Å². The van der Waals surface area contributed by atoms with Gasteiger partial charge in [0.05, 0.1) is 6.10 Å². The Morgan fingerprint density at radius 2 is 2.05 bits per heavy atom. The Balaban J connectivity index is 1.68. The highest BCUT2D eigenvalue weighted by Crippen LogP contribution is 2.63. The summed E-state index contributed by atoms with van der Waals surface area (Å²) in [6.45, 7) is 6.75. The molecule has 3 saturated carbocycles. The van der Waals surface area contributed by atoms with E-state index in [1.807, 2.05) is 0 Å². The zero-order chi connectivity index (χ0) is 14.8. The number of fused-ring (bicyclic) bond motifs is 5. The van der Waals surface area contributed by atoms with Crippen LogP contribution in [0.25, 0.3) is 0 Å². The smallest absolute Gasteiger partial charge is 0.155 e. The fourth-order valence-electron chi connectivity index (χ4n) is 6.09. The molecule has 0 aromatic rings. The summed E-state index contributed by atoms with van der Waals surface area (Å²) >= 11 is 0. The van der Waals surface area contributed by atoms with Gasteiger partial charge in [-0.25, -0.2) is 0 Å². The fourth-order valence-corrected chi connectivity index (χ4v) is 6.09. The third-order valence-corrected chi connectivity index (χ3v) is 7.30. The van der Waals surface area contributed by atoms with Crippen LogP contribution in [-0.4, -0.2) is 17.0 Å². The van der Waals surface area contributed by atoms with E-state index in [1.165, 1.54) is 31.3 Å². The number of ketones is 1. The number of aliphatic hydroxyl groups excluding tert-OH is 1. The lowest BCUT2D eigenvalue weighted by Gasteiger charge is -2.54. The summed E-state index contributed by atoms with van der Waals surface area (Å²) in [6.07, 6.45) is 8.85. The van der Waals surface area contributed by atoms with Gasteiger partial charge in [0.25, 0.3) is 0 Å². The Kier molecular flexibility index (Phi) is 2.98. The molecule has 0 saturated heterocycles. The van der Waals surface area contributed by atoms with Crippen LogP contribution in [0, 0.1) is 29.1 Å². The second-order valence-electron chi connectivity index (χ2n) is 8.04. The van der Waals surface area contributed by atoms with Crippen molar-refractivity contribution in [3.05, 3.63) is 23.8 Å². The Morgan fingerprint density at radius 3 is 2.86 bits per heavy atom. The molecule has 1 N–H and O–H groups in total. The van der Waals surface area contributed by atoms with Gasteiger partial charge in [-0.2, -0.15) is 0 Å². The monoisotopic (exact) mass is 286 g/mol. The predicted octanol–water partition coefficient (Wildman–Crippen LogP) is 3.66. The quantitative estimate of drug-likeness (QED) is 0.690. The van der Waals surface area contributed by atoms with Crippen LogP contribution in [0.3, 0.4) is 0 Å². The minimum Gasteiger partial charge on any atom is -0.389 e. The van der Waals surface area contributed by atoms with E-state index in [9.17, 15) is 9.90 Å². The molecule has 2 nitrogen and oxygen atoms in total. The highest BCUT2D eigenvalue weighted by molar-refractivity contribution is 5.91. The summed E-state index contributed by atoms with van der Waals surface area (Å²) in [5.41, 5.74) is 2.82. The van der Waals surface area contributed by atoms with E-state index in [0.717, 1.165) is 18.4 Å². The predicted molar refractivity (Wildman–Crippen MR) is 82.6 cm³/mol. The molecule has 4 aliphatic rings. The van der Waals surface area contributed by atoms with Gasteiger partial charge < -0.3 is 5.11 Å². The van der Waals surface area contributed by atoms with E-state index in [4.69, 9.17) is 0 Å². The maximum atomic E-state index is 11.7. The molecule has 2 heteroatoms. The first-order valence-electron chi connectivity index (χ1n) is 8.61. The van der Waals surface area contributed by atoms with Crippen molar-refractivity contribution in [2.24, 2.45) is 29.1 Å². The summed E-state index contributed by atoms with van der Waals surface area (Å²) in [6, 6.07) is 0. The molecular formula is C19H26O2. The van der Waals surface area contributed by atoms with Crippen molar-refractivity contribution in [2.75, 3.05) is 0 Å². The van der Waals surface area contributed by atoms with E-state index >= 15 is 0 Å². The molecule has 0 aromatic carbocycles. The Hall–Kier alpha value is -0.890. The van der Waals surface area contributed by atoms with E-state index in [0.29, 0.717) is 35.5 Å². The number of carbonyl (C=O) groups is 1. The number of hydrogen-bond donors (Lipinski definition) is 1. The molecule has 0 aromatic heterocycles. The number of allylic oxidation sites excluding steroid dienone is 1. The van der Waals surface area contributed by atoms with Crippen LogP contribution in [0.4, 0.5) is 0 Å². The number of aliphatic hydroxyl groups is 1. The Morgan fingerprint density at radius 1 is 1.24 bits per heavy atom. The molecule has 0 heterocycles. The van der Waals surface area contributed by atoms with Crippen molar-refractivity contribution in [1.82, 2.24) is 0 Å². The van der Waals surface area contributed by atoms with Gasteiger partial charge >= 0.3 is 0 Å². The normalized spacial score (nSPS) is 49.2. The average molecular weight is 286 g/mol. The SMILES string of the molecule is C=C1CC[C@H]2[C@@H]3C[C@H](O)C4=CC(=O)CC[C@@H]4[C@H]3CCC12C. The third kappa shape index (κ3) is 1.84. The third-order valence-electron chi connectivity index (χ3n) is 7.30. The summed E-state index contributed by atoms with van der Waals surface area (Å²) in [7, 11) is 0. The van der Waals surface area contributed by atoms with E-state index in [2.05, 4.69) is 13.5 Å². The van der Waals surface area contributed by atoms with Gasteiger partial charge in [0.1, 0.15) is 0 Å². The fraction of sp³-hybridized carbons (Fsp3) is 0.737. The lowest BCUT2D eigenvalue weighted by Crippen LogP contribution is -2.48. The van der Waals surface area contributed by atoms with Crippen molar-refractivity contribution in [2.45, 2.75) is 58.0 Å². The zero-order valence-corrected chi connectivity index (χ0v) is 13.0. The molecule has 3 fully saturated rings. The molecule has 0 spiro atoms. The topological polar surface area (TPSA) is 37.3 Å². The first-order valence-corrected chi connectivity index (χ1v) is 8.61. The summed E-state index contributed by atoms with van der Waals surface area (Å²) in [5, 5.41) is 10.6. The molecule has 0 amide bonds. The van der Waals surface area contributed by atoms with Crippen molar-refractivity contribution in [3.8, 4) is 0 Å². The number of carbonyl (C=O) groups excluding carboxylic acids is 1. The second-order valence-corrected chi connectivity index (χ2v) is 8.04. The molecule has 114 valence electrons. The van der Waals surface area contributed by atoms with Crippen LogP contribution in [-0.2, 0) is 4.79 Å². The van der Waals surface area contributed by atoms with Crippen molar-refractivity contribution < 1.29 is 9.90 Å². The summed E-state index contributed by atoms with van der Waals surface area (Å²) in [5.74, 6) is 2.71. The highest BCUT2D eigenvalue weighted by atomic mass is 16.3. The molecule has 21 heavy (non-hydrogen) atoms. The van der Waals surface area contributed by atoms with Gasteiger partial charge in [0, 0.05) is 6.42 Å². The standard InChI is InChI=1S/C19H26O2/c1-11-3-6-17-15-10-18(21)16-9-12(20)4-5-13(16)14(15)7-8-19(11,17)2/h9,13-15,17-18,21H,1,3-8,10H2,2H3/t13-,14-,15-,17+,18+,19?/m1/s1. The molecule has 6 atom stereocenters. The zero-order valence-electron chi connectivity index (χ0n) is 13.0. The Labute approximate surface area is 127 Å². The van der Waals surface area contributed by atoms with E-state index in [-0.39, 0.29) is 11.9 Å². The van der Waals surface area contributed by atoms with Crippen LogP contribution < -0.4 is 0 Å². The van der Waals surface area contributed by atoms with Crippen LogP contribution in [0.2, 0.25) is 0 Å². The molecule has 0 aliphatic heterocycles. The van der Waals surface area contributed by atoms with Gasteiger partial charge in [-0.05, 0) is 79.3 Å². The maximum absolute atomic E-state index is 11.7. The molecule has 4 rings (SSSR count). The molecule has 0 radical (unpaired) electrons. The molecule has 4 aliphatic carbocycles. The molecular weight excluding hydrogens is 260 g/mol. The lowest BCUT2D eigenvalue weighted by molar-refractivity contribution is -0.116. The van der Waals surface area contributed by atoms with Crippen LogP contribution in [0.15, 0.2) is 23.8 Å².